The van der Waals surface area contributed by atoms with E-state index in [2.05, 4.69) is 27.9 Å². The zero-order chi connectivity index (χ0) is 11.7. The quantitative estimate of drug-likeness (QED) is 0.797. The number of carbonyl (C=O) groups excluding carboxylic acids is 1. The standard InChI is InChI=1S/C10H9IN2O3/c11-6-1-2-8-7(3-6)12-9(14)4-13(8)5-10(15)16/h1-3H,4-5H2,(H,12,14)(H,15,16). The van der Waals surface area contributed by atoms with Gasteiger partial charge in [0.15, 0.2) is 0 Å². The fourth-order valence-corrected chi connectivity index (χ4v) is 2.13. The number of rotatable bonds is 2. The van der Waals surface area contributed by atoms with Gasteiger partial charge >= 0.3 is 5.97 Å². The van der Waals surface area contributed by atoms with Gasteiger partial charge < -0.3 is 15.3 Å². The SMILES string of the molecule is O=C(O)CN1CC(=O)Nc2cc(I)ccc21. The number of carboxylic acid groups (broad SMARTS) is 1. The van der Waals surface area contributed by atoms with Gasteiger partial charge in [-0.25, -0.2) is 0 Å². The van der Waals surface area contributed by atoms with Crippen LogP contribution in [0.1, 0.15) is 0 Å². The van der Waals surface area contributed by atoms with Crippen molar-refractivity contribution in [3.63, 3.8) is 0 Å². The minimum absolute atomic E-state index is 0.0832. The third-order valence-corrected chi connectivity index (χ3v) is 2.90. The summed E-state index contributed by atoms with van der Waals surface area (Å²) in [7, 11) is 0. The predicted octanol–water partition coefficient (Wildman–Crippen LogP) is 1.13. The van der Waals surface area contributed by atoms with E-state index in [-0.39, 0.29) is 19.0 Å². The molecule has 0 bridgehead atoms. The molecule has 0 spiro atoms. The number of halogens is 1. The average molecular weight is 332 g/mol. The van der Waals surface area contributed by atoms with Gasteiger partial charge in [0.2, 0.25) is 5.91 Å². The molecule has 0 aliphatic carbocycles. The van der Waals surface area contributed by atoms with Crippen LogP contribution in [0.5, 0.6) is 0 Å². The number of aliphatic carboxylic acids is 1. The van der Waals surface area contributed by atoms with Crippen LogP contribution < -0.4 is 10.2 Å². The highest BCUT2D eigenvalue weighted by molar-refractivity contribution is 14.1. The van der Waals surface area contributed by atoms with Gasteiger partial charge in [-0.05, 0) is 40.8 Å². The first-order valence-corrected chi connectivity index (χ1v) is 5.70. The first kappa shape index (κ1) is 11.2. The second-order valence-corrected chi connectivity index (χ2v) is 4.71. The van der Waals surface area contributed by atoms with Gasteiger partial charge in [0, 0.05) is 3.57 Å². The maximum atomic E-state index is 11.4. The lowest BCUT2D eigenvalue weighted by molar-refractivity contribution is -0.135. The summed E-state index contributed by atoms with van der Waals surface area (Å²) in [4.78, 5) is 23.6. The van der Waals surface area contributed by atoms with Crippen LogP contribution in [0, 0.1) is 3.57 Å². The van der Waals surface area contributed by atoms with Crippen molar-refractivity contribution in [3.05, 3.63) is 21.8 Å². The lowest BCUT2D eigenvalue weighted by Gasteiger charge is -2.29. The van der Waals surface area contributed by atoms with Gasteiger partial charge in [0.05, 0.1) is 17.9 Å². The van der Waals surface area contributed by atoms with Crippen molar-refractivity contribution in [3.8, 4) is 0 Å². The molecule has 0 unspecified atom stereocenters. The average Bonchev–Trinajstić information content (AvgIpc) is 2.15. The molecule has 1 heterocycles. The van der Waals surface area contributed by atoms with E-state index in [1.807, 2.05) is 18.2 Å². The van der Waals surface area contributed by atoms with Crippen LogP contribution in [0.15, 0.2) is 18.2 Å². The summed E-state index contributed by atoms with van der Waals surface area (Å²) < 4.78 is 0.994. The molecule has 0 aromatic heterocycles. The maximum Gasteiger partial charge on any atom is 0.323 e. The monoisotopic (exact) mass is 332 g/mol. The molecule has 1 aliphatic rings. The third-order valence-electron chi connectivity index (χ3n) is 2.23. The molecule has 0 radical (unpaired) electrons. The minimum Gasteiger partial charge on any atom is -0.480 e. The van der Waals surface area contributed by atoms with Crippen LogP contribution in [0.25, 0.3) is 0 Å². The number of hydrogen-bond acceptors (Lipinski definition) is 3. The summed E-state index contributed by atoms with van der Waals surface area (Å²) in [6.45, 7) is -0.0824. The van der Waals surface area contributed by atoms with E-state index in [1.165, 1.54) is 0 Å². The van der Waals surface area contributed by atoms with Crippen molar-refractivity contribution >= 4 is 45.8 Å². The summed E-state index contributed by atoms with van der Waals surface area (Å²) >= 11 is 2.14. The largest absolute Gasteiger partial charge is 0.480 e. The lowest BCUT2D eigenvalue weighted by atomic mass is 10.2. The zero-order valence-electron chi connectivity index (χ0n) is 8.24. The summed E-state index contributed by atoms with van der Waals surface area (Å²) in [6.07, 6.45) is 0. The van der Waals surface area contributed by atoms with Crippen molar-refractivity contribution < 1.29 is 14.7 Å². The molecule has 2 rings (SSSR count). The Morgan fingerprint density at radius 2 is 2.31 bits per heavy atom. The van der Waals surface area contributed by atoms with E-state index in [1.54, 1.807) is 4.90 Å². The Bertz CT molecular complexity index is 461. The number of fused-ring (bicyclic) bond motifs is 1. The Kier molecular flexibility index (Phi) is 2.99. The second kappa shape index (κ2) is 4.28. The molecular weight excluding hydrogens is 323 g/mol. The number of nitrogens with zero attached hydrogens (tertiary/aromatic N) is 1. The van der Waals surface area contributed by atoms with Crippen molar-refractivity contribution in [2.75, 3.05) is 23.3 Å². The van der Waals surface area contributed by atoms with E-state index in [4.69, 9.17) is 5.11 Å². The van der Waals surface area contributed by atoms with E-state index in [0.29, 0.717) is 5.69 Å². The highest BCUT2D eigenvalue weighted by Gasteiger charge is 2.23. The Morgan fingerprint density at radius 1 is 1.56 bits per heavy atom. The maximum absolute atomic E-state index is 11.4. The van der Waals surface area contributed by atoms with Crippen LogP contribution in [0.4, 0.5) is 11.4 Å². The van der Waals surface area contributed by atoms with Crippen molar-refractivity contribution in [1.82, 2.24) is 0 Å². The predicted molar refractivity (Wildman–Crippen MR) is 67.6 cm³/mol. The Hall–Kier alpha value is -1.31. The third kappa shape index (κ3) is 2.26. The molecule has 1 aliphatic heterocycles. The number of nitrogens with one attached hydrogen (secondary N) is 1. The molecule has 6 heteroatoms. The number of hydrogen-bond donors (Lipinski definition) is 2. The minimum atomic E-state index is -0.945. The van der Waals surface area contributed by atoms with Gasteiger partial charge in [0.1, 0.15) is 6.54 Å². The highest BCUT2D eigenvalue weighted by atomic mass is 127. The van der Waals surface area contributed by atoms with Gasteiger partial charge in [-0.3, -0.25) is 9.59 Å². The lowest BCUT2D eigenvalue weighted by Crippen LogP contribution is -2.41. The van der Waals surface area contributed by atoms with Crippen LogP contribution in [0.2, 0.25) is 0 Å². The number of carboxylic acids is 1. The molecule has 1 aromatic carbocycles. The van der Waals surface area contributed by atoms with Gasteiger partial charge in [-0.15, -0.1) is 0 Å². The first-order chi connectivity index (χ1) is 7.56. The Labute approximate surface area is 106 Å². The summed E-state index contributed by atoms with van der Waals surface area (Å²) in [6, 6.07) is 5.52. The Balaban J connectivity index is 2.37. The molecule has 0 saturated heterocycles. The van der Waals surface area contributed by atoms with Crippen LogP contribution in [0.3, 0.4) is 0 Å². The van der Waals surface area contributed by atoms with Gasteiger partial charge in [0.25, 0.3) is 0 Å². The highest BCUT2D eigenvalue weighted by Crippen LogP contribution is 2.30. The van der Waals surface area contributed by atoms with Gasteiger partial charge in [-0.2, -0.15) is 0 Å². The molecule has 0 fully saturated rings. The molecule has 84 valence electrons. The summed E-state index contributed by atoms with van der Waals surface area (Å²) in [5.41, 5.74) is 1.42. The molecule has 0 atom stereocenters. The number of carbonyl (C=O) groups is 2. The van der Waals surface area contributed by atoms with Gasteiger partial charge in [-0.1, -0.05) is 0 Å². The van der Waals surface area contributed by atoms with Crippen molar-refractivity contribution in [1.29, 1.82) is 0 Å². The van der Waals surface area contributed by atoms with E-state index in [9.17, 15) is 9.59 Å². The smallest absolute Gasteiger partial charge is 0.323 e. The first-order valence-electron chi connectivity index (χ1n) is 4.62. The number of anilines is 2. The molecule has 16 heavy (non-hydrogen) atoms. The number of benzene rings is 1. The van der Waals surface area contributed by atoms with Crippen molar-refractivity contribution in [2.45, 2.75) is 0 Å². The molecule has 2 N–H and O–H groups in total. The Morgan fingerprint density at radius 3 is 3.00 bits per heavy atom. The fourth-order valence-electron chi connectivity index (χ4n) is 1.64. The summed E-state index contributed by atoms with van der Waals surface area (Å²) in [5.74, 6) is -1.13. The summed E-state index contributed by atoms with van der Waals surface area (Å²) in [5, 5.41) is 11.5. The fraction of sp³-hybridized carbons (Fsp3) is 0.200. The van der Waals surface area contributed by atoms with Crippen LogP contribution in [-0.4, -0.2) is 30.1 Å². The zero-order valence-corrected chi connectivity index (χ0v) is 10.4. The van der Waals surface area contributed by atoms with E-state index >= 15 is 0 Å². The molecule has 1 amide bonds. The van der Waals surface area contributed by atoms with Crippen molar-refractivity contribution in [2.24, 2.45) is 0 Å². The topological polar surface area (TPSA) is 69.6 Å². The van der Waals surface area contributed by atoms with E-state index in [0.717, 1.165) is 9.26 Å². The van der Waals surface area contributed by atoms with E-state index < -0.39 is 5.97 Å². The normalized spacial score (nSPS) is 14.3. The number of amides is 1. The van der Waals surface area contributed by atoms with Crippen LogP contribution >= 0.6 is 22.6 Å². The van der Waals surface area contributed by atoms with Crippen LogP contribution in [-0.2, 0) is 9.59 Å². The molecule has 1 aromatic rings. The molecule has 0 saturated carbocycles. The second-order valence-electron chi connectivity index (χ2n) is 3.46. The molecule has 5 nitrogen and oxygen atoms in total. The molecular formula is C10H9IN2O3.